The first-order valence-electron chi connectivity index (χ1n) is 11.6. The molecule has 0 aliphatic carbocycles. The number of nitrogens with one attached hydrogen (secondary N) is 1. The summed E-state index contributed by atoms with van der Waals surface area (Å²) < 4.78 is 14.8. The smallest absolute Gasteiger partial charge is 0.407 e. The molecule has 5 rings (SSSR count). The summed E-state index contributed by atoms with van der Waals surface area (Å²) in [4.78, 5) is 29.7. The van der Waals surface area contributed by atoms with Crippen LogP contribution in [0.3, 0.4) is 0 Å². The van der Waals surface area contributed by atoms with Crippen molar-refractivity contribution in [1.29, 1.82) is 0 Å². The summed E-state index contributed by atoms with van der Waals surface area (Å²) in [7, 11) is 0. The van der Waals surface area contributed by atoms with Crippen LogP contribution in [0.4, 0.5) is 25.4 Å². The van der Waals surface area contributed by atoms with Crippen LogP contribution in [0, 0.1) is 12.7 Å². The highest BCUT2D eigenvalue weighted by molar-refractivity contribution is 5.93. The van der Waals surface area contributed by atoms with Gasteiger partial charge in [0.15, 0.2) is 0 Å². The third-order valence-electron chi connectivity index (χ3n) is 7.35. The second-order valence-electron chi connectivity index (χ2n) is 9.37. The third kappa shape index (κ3) is 4.10. The molecule has 3 aliphatic rings. The van der Waals surface area contributed by atoms with Crippen LogP contribution < -0.4 is 10.2 Å². The van der Waals surface area contributed by atoms with E-state index >= 15 is 0 Å². The third-order valence-corrected chi connectivity index (χ3v) is 7.35. The molecule has 0 spiro atoms. The van der Waals surface area contributed by atoms with Gasteiger partial charge in [-0.25, -0.2) is 14.0 Å². The average Bonchev–Trinajstić information content (AvgIpc) is 3.42. The maximum absolute atomic E-state index is 14.8. The van der Waals surface area contributed by atoms with Gasteiger partial charge in [0.1, 0.15) is 11.5 Å². The molecule has 0 unspecified atom stereocenters. The van der Waals surface area contributed by atoms with Gasteiger partial charge in [-0.2, -0.15) is 0 Å². The van der Waals surface area contributed by atoms with Gasteiger partial charge in [-0.3, -0.25) is 0 Å². The number of carbonyl (C=O) groups excluding carboxylic acids is 1. The SMILES string of the molecule is Cc1ccc(C2CCN(C(=O)Nc3c(F)cccc3N3C[C@@H]4C[C@H]3CN4C(=O)O)CC2)cc1. The molecular formula is C25H29FN4O3. The van der Waals surface area contributed by atoms with E-state index in [0.717, 1.165) is 19.3 Å². The molecule has 2 aromatic carbocycles. The molecule has 8 heteroatoms. The van der Waals surface area contributed by atoms with Crippen LogP contribution in [0.5, 0.6) is 0 Å². The molecular weight excluding hydrogens is 423 g/mol. The van der Waals surface area contributed by atoms with Crippen molar-refractivity contribution in [2.75, 3.05) is 36.4 Å². The van der Waals surface area contributed by atoms with Crippen LogP contribution in [-0.4, -0.2) is 65.3 Å². The van der Waals surface area contributed by atoms with Gasteiger partial charge < -0.3 is 25.1 Å². The summed E-state index contributed by atoms with van der Waals surface area (Å²) >= 11 is 0. The molecule has 2 atom stereocenters. The topological polar surface area (TPSA) is 76.1 Å². The molecule has 2 N–H and O–H groups in total. The molecule has 2 bridgehead atoms. The molecule has 3 heterocycles. The van der Waals surface area contributed by atoms with Crippen LogP contribution in [0.15, 0.2) is 42.5 Å². The highest BCUT2D eigenvalue weighted by atomic mass is 19.1. The monoisotopic (exact) mass is 452 g/mol. The Labute approximate surface area is 192 Å². The number of piperidine rings is 1. The predicted molar refractivity (Wildman–Crippen MR) is 124 cm³/mol. The normalized spacial score (nSPS) is 22.7. The minimum atomic E-state index is -0.913. The standard InChI is InChI=1S/C25H29FN4O3/c1-16-5-7-17(8-6-16)18-9-11-28(12-10-18)24(31)27-23-21(26)3-2-4-22(23)29-14-20-13-19(29)15-30(20)25(32)33/h2-8,18-20H,9-15H2,1H3,(H,27,31)(H,32,33)/t19-,20-/m0/s1. The Morgan fingerprint density at radius 1 is 1.03 bits per heavy atom. The molecule has 3 saturated heterocycles. The quantitative estimate of drug-likeness (QED) is 0.720. The molecule has 3 aliphatic heterocycles. The lowest BCUT2D eigenvalue weighted by atomic mass is 9.89. The predicted octanol–water partition coefficient (Wildman–Crippen LogP) is 4.49. The molecule has 3 fully saturated rings. The summed E-state index contributed by atoms with van der Waals surface area (Å²) in [6.07, 6.45) is 1.56. The van der Waals surface area contributed by atoms with E-state index in [9.17, 15) is 19.1 Å². The maximum atomic E-state index is 14.8. The number of urea groups is 1. The zero-order chi connectivity index (χ0) is 23.1. The number of nitrogens with zero attached hydrogens (tertiary/aromatic N) is 3. The minimum absolute atomic E-state index is 0.00574. The number of aryl methyl sites for hydroxylation is 1. The highest BCUT2D eigenvalue weighted by Gasteiger charge is 2.46. The van der Waals surface area contributed by atoms with Crippen molar-refractivity contribution in [2.24, 2.45) is 0 Å². The first-order valence-corrected chi connectivity index (χ1v) is 11.6. The summed E-state index contributed by atoms with van der Waals surface area (Å²) in [6, 6.07) is 13.0. The van der Waals surface area contributed by atoms with E-state index in [1.807, 2.05) is 4.90 Å². The van der Waals surface area contributed by atoms with Crippen molar-refractivity contribution < 1.29 is 19.1 Å². The van der Waals surface area contributed by atoms with Gasteiger partial charge in [0, 0.05) is 32.2 Å². The summed E-state index contributed by atoms with van der Waals surface area (Å²) in [5.41, 5.74) is 3.34. The van der Waals surface area contributed by atoms with Crippen molar-refractivity contribution >= 4 is 23.5 Å². The molecule has 174 valence electrons. The van der Waals surface area contributed by atoms with Gasteiger partial charge in [-0.05, 0) is 49.8 Å². The van der Waals surface area contributed by atoms with Crippen LogP contribution in [0.2, 0.25) is 0 Å². The Hall–Kier alpha value is -3.29. The Bertz CT molecular complexity index is 1050. The van der Waals surface area contributed by atoms with E-state index in [-0.39, 0.29) is 23.8 Å². The van der Waals surface area contributed by atoms with E-state index in [2.05, 4.69) is 36.5 Å². The molecule has 2 aromatic rings. The number of carboxylic acid groups (broad SMARTS) is 1. The first-order chi connectivity index (χ1) is 15.9. The van der Waals surface area contributed by atoms with Crippen molar-refractivity contribution in [3.63, 3.8) is 0 Å². The van der Waals surface area contributed by atoms with Gasteiger partial charge in [-0.15, -0.1) is 0 Å². The molecule has 3 amide bonds. The molecule has 0 aromatic heterocycles. The number of hydrogen-bond acceptors (Lipinski definition) is 3. The Kier molecular flexibility index (Phi) is 5.60. The fourth-order valence-electron chi connectivity index (χ4n) is 5.51. The zero-order valence-corrected chi connectivity index (χ0v) is 18.7. The number of likely N-dealkylation sites (tertiary alicyclic amines) is 2. The summed E-state index contributed by atoms with van der Waals surface area (Å²) in [5.74, 6) is -0.0516. The lowest BCUT2D eigenvalue weighted by Gasteiger charge is -2.36. The fraction of sp³-hybridized carbons (Fsp3) is 0.440. The van der Waals surface area contributed by atoms with E-state index in [4.69, 9.17) is 0 Å². The molecule has 0 radical (unpaired) electrons. The number of para-hydroxylation sites is 1. The minimum Gasteiger partial charge on any atom is -0.465 e. The molecule has 0 saturated carbocycles. The maximum Gasteiger partial charge on any atom is 0.407 e. The Morgan fingerprint density at radius 2 is 1.76 bits per heavy atom. The lowest BCUT2D eigenvalue weighted by molar-refractivity contribution is 0.137. The average molecular weight is 453 g/mol. The van der Waals surface area contributed by atoms with E-state index in [1.165, 1.54) is 22.1 Å². The number of carbonyl (C=O) groups is 2. The second kappa shape index (κ2) is 8.57. The number of rotatable bonds is 3. The van der Waals surface area contributed by atoms with Crippen molar-refractivity contribution in [2.45, 2.75) is 44.2 Å². The van der Waals surface area contributed by atoms with Gasteiger partial charge in [-0.1, -0.05) is 35.9 Å². The number of hydrogen-bond donors (Lipinski definition) is 2. The second-order valence-corrected chi connectivity index (χ2v) is 9.37. The van der Waals surface area contributed by atoms with Gasteiger partial charge >= 0.3 is 12.1 Å². The van der Waals surface area contributed by atoms with Crippen LogP contribution >= 0.6 is 0 Å². The number of halogens is 1. The number of anilines is 2. The van der Waals surface area contributed by atoms with Gasteiger partial charge in [0.05, 0.1) is 11.7 Å². The van der Waals surface area contributed by atoms with Crippen LogP contribution in [-0.2, 0) is 0 Å². The Balaban J connectivity index is 1.25. The van der Waals surface area contributed by atoms with Crippen LogP contribution in [0.25, 0.3) is 0 Å². The Morgan fingerprint density at radius 3 is 2.39 bits per heavy atom. The lowest BCUT2D eigenvalue weighted by Crippen LogP contribution is -2.48. The highest BCUT2D eigenvalue weighted by Crippen LogP contribution is 2.39. The zero-order valence-electron chi connectivity index (χ0n) is 18.7. The summed E-state index contributed by atoms with van der Waals surface area (Å²) in [5, 5.41) is 12.2. The fourth-order valence-corrected chi connectivity index (χ4v) is 5.51. The summed E-state index contributed by atoms with van der Waals surface area (Å²) in [6.45, 7) is 4.22. The first kappa shape index (κ1) is 21.6. The van der Waals surface area contributed by atoms with Gasteiger partial charge in [0.2, 0.25) is 0 Å². The number of fused-ring (bicyclic) bond motifs is 2. The van der Waals surface area contributed by atoms with Crippen molar-refractivity contribution in [1.82, 2.24) is 9.80 Å². The van der Waals surface area contributed by atoms with Crippen LogP contribution in [0.1, 0.15) is 36.3 Å². The van der Waals surface area contributed by atoms with E-state index in [1.54, 1.807) is 17.0 Å². The van der Waals surface area contributed by atoms with Crippen molar-refractivity contribution in [3.05, 3.63) is 59.4 Å². The number of benzene rings is 2. The van der Waals surface area contributed by atoms with Gasteiger partial charge in [0.25, 0.3) is 0 Å². The van der Waals surface area contributed by atoms with E-state index < -0.39 is 11.9 Å². The molecule has 33 heavy (non-hydrogen) atoms. The number of piperazine rings is 1. The largest absolute Gasteiger partial charge is 0.465 e. The molecule has 7 nitrogen and oxygen atoms in total. The van der Waals surface area contributed by atoms with E-state index in [0.29, 0.717) is 37.8 Å². The number of amides is 3. The van der Waals surface area contributed by atoms with Crippen molar-refractivity contribution in [3.8, 4) is 0 Å².